The Labute approximate surface area is 179 Å². The summed E-state index contributed by atoms with van der Waals surface area (Å²) >= 11 is 1.27. The van der Waals surface area contributed by atoms with Crippen molar-refractivity contribution in [3.8, 4) is 0 Å². The number of carbonyl (C=O) groups excluding carboxylic acids is 2. The molecule has 0 unspecified atom stereocenters. The Morgan fingerprint density at radius 3 is 2.70 bits per heavy atom. The van der Waals surface area contributed by atoms with Crippen LogP contribution < -0.4 is 10.6 Å². The molecular weight excluding hydrogens is 400 g/mol. The Balaban J connectivity index is 1.59. The molecule has 2 aromatic heterocycles. The van der Waals surface area contributed by atoms with Gasteiger partial charge in [0.15, 0.2) is 11.0 Å². The zero-order chi connectivity index (χ0) is 21.7. The third kappa shape index (κ3) is 5.24. The van der Waals surface area contributed by atoms with E-state index in [-0.39, 0.29) is 23.6 Å². The van der Waals surface area contributed by atoms with E-state index in [0.717, 1.165) is 11.1 Å². The van der Waals surface area contributed by atoms with E-state index in [1.54, 1.807) is 16.8 Å². The second-order valence-electron chi connectivity index (χ2n) is 6.97. The fourth-order valence-electron chi connectivity index (χ4n) is 2.87. The van der Waals surface area contributed by atoms with Gasteiger partial charge in [-0.15, -0.1) is 10.2 Å². The van der Waals surface area contributed by atoms with Crippen LogP contribution in [0.25, 0.3) is 0 Å². The van der Waals surface area contributed by atoms with Crippen molar-refractivity contribution in [2.45, 2.75) is 32.0 Å². The van der Waals surface area contributed by atoms with Crippen LogP contribution in [0.1, 0.15) is 40.3 Å². The Bertz CT molecular complexity index is 1070. The van der Waals surface area contributed by atoms with Crippen molar-refractivity contribution >= 4 is 29.4 Å². The van der Waals surface area contributed by atoms with Gasteiger partial charge in [-0.3, -0.25) is 9.59 Å². The van der Waals surface area contributed by atoms with Gasteiger partial charge in [0.2, 0.25) is 5.91 Å². The fourth-order valence-corrected chi connectivity index (χ4v) is 3.59. The molecule has 8 nitrogen and oxygen atoms in total. The van der Waals surface area contributed by atoms with Gasteiger partial charge in [0.05, 0.1) is 11.8 Å². The van der Waals surface area contributed by atoms with Crippen molar-refractivity contribution in [3.05, 3.63) is 65.1 Å². The minimum absolute atomic E-state index is 0.173. The van der Waals surface area contributed by atoms with E-state index < -0.39 is 0 Å². The highest BCUT2D eigenvalue weighted by molar-refractivity contribution is 7.99. The van der Waals surface area contributed by atoms with E-state index in [4.69, 9.17) is 0 Å². The molecule has 2 heterocycles. The van der Waals surface area contributed by atoms with Crippen molar-refractivity contribution in [1.82, 2.24) is 25.1 Å². The lowest BCUT2D eigenvalue weighted by Crippen LogP contribution is -2.28. The lowest BCUT2D eigenvalue weighted by Gasteiger charge is -2.14. The van der Waals surface area contributed by atoms with Gasteiger partial charge >= 0.3 is 0 Å². The van der Waals surface area contributed by atoms with E-state index in [1.807, 2.05) is 58.2 Å². The molecule has 3 aromatic rings. The molecule has 30 heavy (non-hydrogen) atoms. The standard InChI is InChI=1S/C21H24N6O2S/c1-13-7-5-9-16(11-13)20(29)23-15(3)19-25-26-21(27(19)4)30-12-17(28)24-18-14(2)8-6-10-22-18/h5-11,15H,12H2,1-4H3,(H,23,29)(H,22,24,28)/t15-/m1/s1. The van der Waals surface area contributed by atoms with Gasteiger partial charge in [0.25, 0.3) is 5.91 Å². The van der Waals surface area contributed by atoms with Gasteiger partial charge in [0.1, 0.15) is 5.82 Å². The summed E-state index contributed by atoms with van der Waals surface area (Å²) in [6.07, 6.45) is 1.64. The maximum atomic E-state index is 12.5. The average Bonchev–Trinajstić information content (AvgIpc) is 3.08. The molecule has 0 fully saturated rings. The molecule has 0 saturated carbocycles. The predicted octanol–water partition coefficient (Wildman–Crippen LogP) is 3.05. The lowest BCUT2D eigenvalue weighted by atomic mass is 10.1. The molecule has 156 valence electrons. The highest BCUT2D eigenvalue weighted by Gasteiger charge is 2.19. The smallest absolute Gasteiger partial charge is 0.251 e. The minimum atomic E-state index is -0.338. The van der Waals surface area contributed by atoms with Crippen LogP contribution in [0.15, 0.2) is 47.8 Å². The Morgan fingerprint density at radius 1 is 1.17 bits per heavy atom. The third-order valence-corrected chi connectivity index (χ3v) is 5.50. The summed E-state index contributed by atoms with van der Waals surface area (Å²) in [5.74, 6) is 0.987. The van der Waals surface area contributed by atoms with Crippen LogP contribution in [0.3, 0.4) is 0 Å². The molecule has 3 rings (SSSR count). The second-order valence-corrected chi connectivity index (χ2v) is 7.91. The van der Waals surface area contributed by atoms with Gasteiger partial charge in [-0.05, 0) is 44.5 Å². The Morgan fingerprint density at radius 2 is 1.97 bits per heavy atom. The number of carbonyl (C=O) groups is 2. The van der Waals surface area contributed by atoms with E-state index in [9.17, 15) is 9.59 Å². The number of hydrogen-bond acceptors (Lipinski definition) is 6. The highest BCUT2D eigenvalue weighted by Crippen LogP contribution is 2.20. The first-order chi connectivity index (χ1) is 14.3. The van der Waals surface area contributed by atoms with E-state index in [1.165, 1.54) is 11.8 Å². The number of rotatable bonds is 7. The second kappa shape index (κ2) is 9.53. The summed E-state index contributed by atoms with van der Waals surface area (Å²) in [6.45, 7) is 5.68. The molecule has 1 atom stereocenters. The largest absolute Gasteiger partial charge is 0.342 e. The van der Waals surface area contributed by atoms with Crippen molar-refractivity contribution in [3.63, 3.8) is 0 Å². The van der Waals surface area contributed by atoms with Crippen LogP contribution >= 0.6 is 11.8 Å². The SMILES string of the molecule is Cc1cccc(C(=O)N[C@H](C)c2nnc(SCC(=O)Nc3ncccc3C)n2C)c1. The lowest BCUT2D eigenvalue weighted by molar-refractivity contribution is -0.113. The van der Waals surface area contributed by atoms with E-state index >= 15 is 0 Å². The quantitative estimate of drug-likeness (QED) is 0.565. The maximum Gasteiger partial charge on any atom is 0.251 e. The highest BCUT2D eigenvalue weighted by atomic mass is 32.2. The molecule has 0 radical (unpaired) electrons. The summed E-state index contributed by atoms with van der Waals surface area (Å²) in [6, 6.07) is 10.8. The fraction of sp³-hybridized carbons (Fsp3) is 0.286. The van der Waals surface area contributed by atoms with Crippen LogP contribution in [-0.4, -0.2) is 37.3 Å². The Kier molecular flexibility index (Phi) is 6.83. The first-order valence-corrected chi connectivity index (χ1v) is 10.4. The number of benzene rings is 1. The van der Waals surface area contributed by atoms with Crippen molar-refractivity contribution in [1.29, 1.82) is 0 Å². The number of hydrogen-bond donors (Lipinski definition) is 2. The maximum absolute atomic E-state index is 12.5. The van der Waals surface area contributed by atoms with E-state index in [2.05, 4.69) is 25.8 Å². The summed E-state index contributed by atoms with van der Waals surface area (Å²) in [5, 5.41) is 14.7. The predicted molar refractivity (Wildman–Crippen MR) is 116 cm³/mol. The third-order valence-electron chi connectivity index (χ3n) is 4.48. The number of amides is 2. The van der Waals surface area contributed by atoms with Gasteiger partial charge < -0.3 is 15.2 Å². The summed E-state index contributed by atoms with van der Waals surface area (Å²) in [4.78, 5) is 28.9. The molecular formula is C21H24N6O2S. The van der Waals surface area contributed by atoms with Crippen LogP contribution in [0.5, 0.6) is 0 Å². The summed E-state index contributed by atoms with van der Waals surface area (Å²) in [5.41, 5.74) is 2.52. The monoisotopic (exact) mass is 424 g/mol. The average molecular weight is 425 g/mol. The summed E-state index contributed by atoms with van der Waals surface area (Å²) < 4.78 is 1.78. The number of aromatic nitrogens is 4. The topological polar surface area (TPSA) is 102 Å². The Hall–Kier alpha value is -3.20. The number of aryl methyl sites for hydroxylation is 2. The van der Waals surface area contributed by atoms with Gasteiger partial charge in [-0.25, -0.2) is 4.98 Å². The normalized spacial score (nSPS) is 11.7. The minimum Gasteiger partial charge on any atom is -0.342 e. The number of nitrogens with one attached hydrogen (secondary N) is 2. The molecule has 0 aliphatic carbocycles. The molecule has 2 N–H and O–H groups in total. The van der Waals surface area contributed by atoms with Crippen LogP contribution in [-0.2, 0) is 11.8 Å². The molecule has 2 amide bonds. The zero-order valence-electron chi connectivity index (χ0n) is 17.3. The van der Waals surface area contributed by atoms with Crippen molar-refractivity contribution in [2.24, 2.45) is 7.05 Å². The number of pyridine rings is 1. The van der Waals surface area contributed by atoms with Gasteiger partial charge in [-0.1, -0.05) is 35.5 Å². The molecule has 0 aliphatic rings. The molecule has 9 heteroatoms. The first-order valence-electron chi connectivity index (χ1n) is 9.46. The van der Waals surface area contributed by atoms with Crippen LogP contribution in [0, 0.1) is 13.8 Å². The molecule has 1 aromatic carbocycles. The molecule has 0 saturated heterocycles. The molecule has 0 aliphatic heterocycles. The number of thioether (sulfide) groups is 1. The number of nitrogens with zero attached hydrogens (tertiary/aromatic N) is 4. The number of anilines is 1. The van der Waals surface area contributed by atoms with Crippen molar-refractivity contribution < 1.29 is 9.59 Å². The van der Waals surface area contributed by atoms with Crippen LogP contribution in [0.2, 0.25) is 0 Å². The van der Waals surface area contributed by atoms with Crippen LogP contribution in [0.4, 0.5) is 5.82 Å². The molecule has 0 bridgehead atoms. The van der Waals surface area contributed by atoms with Crippen molar-refractivity contribution in [2.75, 3.05) is 11.1 Å². The summed E-state index contributed by atoms with van der Waals surface area (Å²) in [7, 11) is 1.81. The van der Waals surface area contributed by atoms with Gasteiger partial charge in [-0.2, -0.15) is 0 Å². The zero-order valence-corrected chi connectivity index (χ0v) is 18.2. The molecule has 0 spiro atoms. The first kappa shape index (κ1) is 21.5. The van der Waals surface area contributed by atoms with E-state index in [0.29, 0.717) is 22.4 Å². The van der Waals surface area contributed by atoms with Gasteiger partial charge in [0, 0.05) is 18.8 Å².